The maximum atomic E-state index is 12.6. The molecule has 31 heavy (non-hydrogen) atoms. The number of hydrogen-bond acceptors (Lipinski definition) is 7. The van der Waals surface area contributed by atoms with Crippen molar-refractivity contribution in [1.29, 1.82) is 0 Å². The SMILES string of the molecule is CCc1ccccc1NC(=O)CSc1nnc(Cc2csc(N)n2)n1-c1ccccc1. The van der Waals surface area contributed by atoms with Crippen LogP contribution in [0.25, 0.3) is 5.69 Å². The molecule has 0 aliphatic carbocycles. The number of aryl methyl sites for hydroxylation is 1. The number of thiazole rings is 1. The maximum Gasteiger partial charge on any atom is 0.234 e. The van der Waals surface area contributed by atoms with Crippen LogP contribution < -0.4 is 11.1 Å². The summed E-state index contributed by atoms with van der Waals surface area (Å²) in [5, 5.41) is 14.8. The number of nitrogens with one attached hydrogen (secondary N) is 1. The Morgan fingerprint density at radius 2 is 1.90 bits per heavy atom. The molecular formula is C22H22N6OS2. The van der Waals surface area contributed by atoms with Gasteiger partial charge in [0.2, 0.25) is 5.91 Å². The molecule has 2 aromatic carbocycles. The number of nitrogens with zero attached hydrogens (tertiary/aromatic N) is 4. The van der Waals surface area contributed by atoms with Gasteiger partial charge in [-0.1, -0.05) is 55.1 Å². The molecule has 9 heteroatoms. The molecule has 0 atom stereocenters. The Morgan fingerprint density at radius 3 is 2.65 bits per heavy atom. The van der Waals surface area contributed by atoms with E-state index >= 15 is 0 Å². The van der Waals surface area contributed by atoms with E-state index < -0.39 is 0 Å². The van der Waals surface area contributed by atoms with E-state index in [0.717, 1.165) is 34.9 Å². The number of nitrogens with two attached hydrogens (primary N) is 1. The molecule has 0 spiro atoms. The van der Waals surface area contributed by atoms with Crippen LogP contribution in [0.5, 0.6) is 0 Å². The third-order valence-electron chi connectivity index (χ3n) is 4.63. The normalized spacial score (nSPS) is 10.9. The second-order valence-electron chi connectivity index (χ2n) is 6.77. The summed E-state index contributed by atoms with van der Waals surface area (Å²) in [6.45, 7) is 2.07. The number of carbonyl (C=O) groups excluding carboxylic acids is 1. The summed E-state index contributed by atoms with van der Waals surface area (Å²) in [7, 11) is 0. The zero-order valence-electron chi connectivity index (χ0n) is 17.0. The van der Waals surface area contributed by atoms with E-state index in [1.54, 1.807) is 0 Å². The van der Waals surface area contributed by atoms with Gasteiger partial charge in [0.1, 0.15) is 5.82 Å². The van der Waals surface area contributed by atoms with Gasteiger partial charge in [0.15, 0.2) is 10.3 Å². The Kier molecular flexibility index (Phi) is 6.63. The van der Waals surface area contributed by atoms with E-state index in [1.165, 1.54) is 23.1 Å². The van der Waals surface area contributed by atoms with Crippen molar-refractivity contribution in [2.45, 2.75) is 24.9 Å². The number of hydrogen-bond donors (Lipinski definition) is 2. The van der Waals surface area contributed by atoms with Crippen LogP contribution in [0, 0.1) is 0 Å². The first-order valence-electron chi connectivity index (χ1n) is 9.84. The highest BCUT2D eigenvalue weighted by molar-refractivity contribution is 7.99. The molecule has 0 unspecified atom stereocenters. The number of anilines is 2. The molecule has 1 amide bonds. The first kappa shape index (κ1) is 21.1. The highest BCUT2D eigenvalue weighted by Gasteiger charge is 2.17. The zero-order valence-corrected chi connectivity index (χ0v) is 18.6. The van der Waals surface area contributed by atoms with E-state index in [2.05, 4.69) is 27.4 Å². The number of benzene rings is 2. The lowest BCUT2D eigenvalue weighted by molar-refractivity contribution is -0.113. The molecule has 0 aliphatic heterocycles. The quantitative estimate of drug-likeness (QED) is 0.391. The summed E-state index contributed by atoms with van der Waals surface area (Å²) in [6.07, 6.45) is 1.36. The molecule has 2 aromatic heterocycles. The molecule has 0 fully saturated rings. The van der Waals surface area contributed by atoms with Crippen LogP contribution in [0.15, 0.2) is 65.1 Å². The minimum Gasteiger partial charge on any atom is -0.375 e. The van der Waals surface area contributed by atoms with Crippen LogP contribution in [0.3, 0.4) is 0 Å². The molecular weight excluding hydrogens is 428 g/mol. The summed E-state index contributed by atoms with van der Waals surface area (Å²) in [5.74, 6) is 0.894. The molecule has 0 bridgehead atoms. The smallest absolute Gasteiger partial charge is 0.234 e. The number of aromatic nitrogens is 4. The number of para-hydroxylation sites is 2. The minimum atomic E-state index is -0.0812. The molecule has 0 radical (unpaired) electrons. The predicted octanol–water partition coefficient (Wildman–Crippen LogP) is 4.19. The summed E-state index contributed by atoms with van der Waals surface area (Å²) in [4.78, 5) is 16.9. The standard InChI is InChI=1S/C22H22N6OS2/c1-2-15-8-6-7-11-18(15)25-20(29)14-31-22-27-26-19(12-16-13-30-21(23)24-16)28(22)17-9-4-3-5-10-17/h3-11,13H,2,12,14H2,1H3,(H2,23,24)(H,25,29). The summed E-state index contributed by atoms with van der Waals surface area (Å²) >= 11 is 2.76. The van der Waals surface area contributed by atoms with Crippen LogP contribution >= 0.6 is 23.1 Å². The van der Waals surface area contributed by atoms with Crippen molar-refractivity contribution < 1.29 is 4.79 Å². The van der Waals surface area contributed by atoms with Crippen LogP contribution in [0.1, 0.15) is 24.0 Å². The van der Waals surface area contributed by atoms with E-state index in [1.807, 2.05) is 64.5 Å². The van der Waals surface area contributed by atoms with Gasteiger partial charge in [0.05, 0.1) is 17.9 Å². The van der Waals surface area contributed by atoms with Crippen molar-refractivity contribution in [3.8, 4) is 5.69 Å². The number of carbonyl (C=O) groups is 1. The van der Waals surface area contributed by atoms with Crippen molar-refractivity contribution >= 4 is 39.8 Å². The van der Waals surface area contributed by atoms with Crippen LogP contribution in [0.4, 0.5) is 10.8 Å². The molecule has 2 heterocycles. The van der Waals surface area contributed by atoms with E-state index in [9.17, 15) is 4.79 Å². The summed E-state index contributed by atoms with van der Waals surface area (Å²) in [5.41, 5.74) is 9.51. The lowest BCUT2D eigenvalue weighted by atomic mass is 10.1. The molecule has 4 rings (SSSR count). The average molecular weight is 451 g/mol. The zero-order chi connectivity index (χ0) is 21.6. The van der Waals surface area contributed by atoms with Crippen molar-refractivity contribution in [3.63, 3.8) is 0 Å². The second-order valence-corrected chi connectivity index (χ2v) is 8.60. The fourth-order valence-corrected chi connectivity index (χ4v) is 4.51. The molecule has 158 valence electrons. The van der Waals surface area contributed by atoms with E-state index in [-0.39, 0.29) is 11.7 Å². The van der Waals surface area contributed by atoms with Crippen molar-refractivity contribution in [2.24, 2.45) is 0 Å². The Morgan fingerprint density at radius 1 is 1.13 bits per heavy atom. The first-order chi connectivity index (χ1) is 15.1. The minimum absolute atomic E-state index is 0.0812. The monoisotopic (exact) mass is 450 g/mol. The molecule has 0 saturated carbocycles. The maximum absolute atomic E-state index is 12.6. The number of amides is 1. The van der Waals surface area contributed by atoms with Gasteiger partial charge in [-0.05, 0) is 30.2 Å². The van der Waals surface area contributed by atoms with Crippen molar-refractivity contribution in [3.05, 3.63) is 77.1 Å². The van der Waals surface area contributed by atoms with Gasteiger partial charge in [-0.2, -0.15) is 0 Å². The topological polar surface area (TPSA) is 98.7 Å². The van der Waals surface area contributed by atoms with Crippen molar-refractivity contribution in [2.75, 3.05) is 16.8 Å². The van der Waals surface area contributed by atoms with E-state index in [0.29, 0.717) is 16.7 Å². The Labute approximate surface area is 188 Å². The van der Waals surface area contributed by atoms with Gasteiger partial charge in [-0.3, -0.25) is 9.36 Å². The molecule has 0 saturated heterocycles. The average Bonchev–Trinajstić information content (AvgIpc) is 3.39. The highest BCUT2D eigenvalue weighted by atomic mass is 32.2. The third kappa shape index (κ3) is 5.12. The molecule has 7 nitrogen and oxygen atoms in total. The van der Waals surface area contributed by atoms with Gasteiger partial charge in [-0.15, -0.1) is 21.5 Å². The molecule has 4 aromatic rings. The van der Waals surface area contributed by atoms with Gasteiger partial charge in [-0.25, -0.2) is 4.98 Å². The molecule has 3 N–H and O–H groups in total. The number of thioether (sulfide) groups is 1. The Hall–Kier alpha value is -3.17. The van der Waals surface area contributed by atoms with Gasteiger partial charge >= 0.3 is 0 Å². The summed E-state index contributed by atoms with van der Waals surface area (Å²) in [6, 6.07) is 17.7. The van der Waals surface area contributed by atoms with Gasteiger partial charge in [0.25, 0.3) is 0 Å². The van der Waals surface area contributed by atoms with E-state index in [4.69, 9.17) is 5.73 Å². The van der Waals surface area contributed by atoms with Crippen LogP contribution in [0.2, 0.25) is 0 Å². The summed E-state index contributed by atoms with van der Waals surface area (Å²) < 4.78 is 1.97. The lowest BCUT2D eigenvalue weighted by Crippen LogP contribution is -2.15. The third-order valence-corrected chi connectivity index (χ3v) is 6.28. The highest BCUT2D eigenvalue weighted by Crippen LogP contribution is 2.25. The predicted molar refractivity (Wildman–Crippen MR) is 126 cm³/mol. The second kappa shape index (κ2) is 9.76. The largest absolute Gasteiger partial charge is 0.375 e. The number of rotatable bonds is 8. The number of nitrogen functional groups attached to an aromatic ring is 1. The first-order valence-corrected chi connectivity index (χ1v) is 11.7. The molecule has 0 aliphatic rings. The van der Waals surface area contributed by atoms with Crippen LogP contribution in [-0.4, -0.2) is 31.4 Å². The van der Waals surface area contributed by atoms with Crippen LogP contribution in [-0.2, 0) is 17.6 Å². The Balaban J connectivity index is 1.53. The van der Waals surface area contributed by atoms with Gasteiger partial charge < -0.3 is 11.1 Å². The Bertz CT molecular complexity index is 1170. The fourth-order valence-electron chi connectivity index (χ4n) is 3.18. The van der Waals surface area contributed by atoms with Gasteiger partial charge in [0, 0.05) is 16.8 Å². The lowest BCUT2D eigenvalue weighted by Gasteiger charge is -2.11. The fraction of sp³-hybridized carbons (Fsp3) is 0.182. The van der Waals surface area contributed by atoms with Crippen molar-refractivity contribution in [1.82, 2.24) is 19.7 Å².